The first kappa shape index (κ1) is 12.6. The molecular formula is C18H19N3. The fraction of sp³-hybridized carbons (Fsp3) is 0.278. The van der Waals surface area contributed by atoms with E-state index in [1.807, 2.05) is 12.4 Å². The van der Waals surface area contributed by atoms with Crippen molar-refractivity contribution in [2.24, 2.45) is 0 Å². The minimum atomic E-state index is 0.761. The SMILES string of the molecule is c1cc(Cn2ccc3cc(CNC4CC4)ccc32)ccn1. The van der Waals surface area contributed by atoms with E-state index in [1.54, 1.807) is 0 Å². The second kappa shape index (κ2) is 5.34. The summed E-state index contributed by atoms with van der Waals surface area (Å²) in [7, 11) is 0. The molecule has 106 valence electrons. The van der Waals surface area contributed by atoms with Crippen LogP contribution in [0.5, 0.6) is 0 Å². The maximum absolute atomic E-state index is 4.07. The van der Waals surface area contributed by atoms with E-state index >= 15 is 0 Å². The van der Waals surface area contributed by atoms with Crippen LogP contribution in [0.1, 0.15) is 24.0 Å². The molecule has 2 heterocycles. The van der Waals surface area contributed by atoms with Crippen LogP contribution in [-0.4, -0.2) is 15.6 Å². The van der Waals surface area contributed by atoms with Crippen molar-refractivity contribution in [1.29, 1.82) is 0 Å². The van der Waals surface area contributed by atoms with Gasteiger partial charge in [-0.2, -0.15) is 0 Å². The van der Waals surface area contributed by atoms with Crippen LogP contribution in [0, 0.1) is 0 Å². The fourth-order valence-corrected chi connectivity index (χ4v) is 2.73. The second-order valence-corrected chi connectivity index (χ2v) is 5.85. The van der Waals surface area contributed by atoms with Crippen LogP contribution < -0.4 is 5.32 Å². The summed E-state index contributed by atoms with van der Waals surface area (Å²) in [4.78, 5) is 4.07. The first-order valence-corrected chi connectivity index (χ1v) is 7.58. The fourth-order valence-electron chi connectivity index (χ4n) is 2.73. The summed E-state index contributed by atoms with van der Waals surface area (Å²) in [6, 6.07) is 13.9. The highest BCUT2D eigenvalue weighted by Gasteiger charge is 2.19. The summed E-state index contributed by atoms with van der Waals surface area (Å²) in [6.45, 7) is 1.88. The lowest BCUT2D eigenvalue weighted by molar-refractivity contribution is 0.688. The predicted octanol–water partition coefficient (Wildman–Crippen LogP) is 3.34. The van der Waals surface area contributed by atoms with Crippen LogP contribution >= 0.6 is 0 Å². The van der Waals surface area contributed by atoms with Crippen LogP contribution in [0.4, 0.5) is 0 Å². The molecule has 0 aliphatic heterocycles. The van der Waals surface area contributed by atoms with Gasteiger partial charge in [-0.1, -0.05) is 6.07 Å². The van der Waals surface area contributed by atoms with Gasteiger partial charge < -0.3 is 9.88 Å². The molecule has 1 aliphatic carbocycles. The van der Waals surface area contributed by atoms with E-state index in [2.05, 4.69) is 57.5 Å². The van der Waals surface area contributed by atoms with Crippen molar-refractivity contribution in [1.82, 2.24) is 14.9 Å². The maximum atomic E-state index is 4.07. The highest BCUT2D eigenvalue weighted by Crippen LogP contribution is 2.21. The molecule has 1 aliphatic rings. The van der Waals surface area contributed by atoms with Crippen molar-refractivity contribution in [2.45, 2.75) is 32.0 Å². The van der Waals surface area contributed by atoms with E-state index in [0.29, 0.717) is 0 Å². The van der Waals surface area contributed by atoms with Gasteiger partial charge in [0.1, 0.15) is 0 Å². The van der Waals surface area contributed by atoms with E-state index in [1.165, 1.54) is 34.9 Å². The number of benzene rings is 1. The van der Waals surface area contributed by atoms with Crippen LogP contribution in [0.3, 0.4) is 0 Å². The van der Waals surface area contributed by atoms with E-state index in [-0.39, 0.29) is 0 Å². The number of pyridine rings is 1. The number of rotatable bonds is 5. The Hall–Kier alpha value is -2.13. The summed E-state index contributed by atoms with van der Waals surface area (Å²) in [5, 5.41) is 4.89. The minimum Gasteiger partial charge on any atom is -0.343 e. The van der Waals surface area contributed by atoms with E-state index in [0.717, 1.165) is 19.1 Å². The lowest BCUT2D eigenvalue weighted by Crippen LogP contribution is -2.15. The summed E-state index contributed by atoms with van der Waals surface area (Å²) >= 11 is 0. The Kier molecular flexibility index (Phi) is 3.20. The minimum absolute atomic E-state index is 0.761. The zero-order valence-corrected chi connectivity index (χ0v) is 12.0. The Morgan fingerprint density at radius 1 is 1.05 bits per heavy atom. The molecule has 0 spiro atoms. The first-order chi connectivity index (χ1) is 10.4. The Morgan fingerprint density at radius 2 is 1.90 bits per heavy atom. The van der Waals surface area contributed by atoms with E-state index < -0.39 is 0 Å². The normalized spacial score (nSPS) is 14.7. The number of hydrogen-bond acceptors (Lipinski definition) is 2. The average Bonchev–Trinajstić information content (AvgIpc) is 3.28. The molecule has 4 rings (SSSR count). The molecule has 1 aromatic carbocycles. The Morgan fingerprint density at radius 3 is 2.71 bits per heavy atom. The number of nitrogens with one attached hydrogen (secondary N) is 1. The zero-order chi connectivity index (χ0) is 14.1. The standard InChI is InChI=1S/C18H19N3/c1-4-18-16(11-15(1)12-20-17-2-3-17)7-10-21(18)13-14-5-8-19-9-6-14/h1,4-11,17,20H,2-3,12-13H2. The molecule has 1 N–H and O–H groups in total. The topological polar surface area (TPSA) is 29.9 Å². The molecule has 2 aromatic heterocycles. The molecule has 21 heavy (non-hydrogen) atoms. The average molecular weight is 277 g/mol. The van der Waals surface area contributed by atoms with Gasteiger partial charge in [-0.15, -0.1) is 0 Å². The summed E-state index contributed by atoms with van der Waals surface area (Å²) in [5.41, 5.74) is 3.94. The lowest BCUT2D eigenvalue weighted by Gasteiger charge is -2.07. The Labute approximate surface area is 124 Å². The molecule has 0 atom stereocenters. The molecule has 0 unspecified atom stereocenters. The molecular weight excluding hydrogens is 258 g/mol. The van der Waals surface area contributed by atoms with Gasteiger partial charge in [0, 0.05) is 43.2 Å². The van der Waals surface area contributed by atoms with Gasteiger partial charge in [0.05, 0.1) is 0 Å². The molecule has 0 radical (unpaired) electrons. The maximum Gasteiger partial charge on any atom is 0.0483 e. The molecule has 0 bridgehead atoms. The molecule has 0 saturated heterocycles. The summed E-state index contributed by atoms with van der Waals surface area (Å²) in [5.74, 6) is 0. The number of nitrogens with zero attached hydrogens (tertiary/aromatic N) is 2. The summed E-state index contributed by atoms with van der Waals surface area (Å²) in [6.07, 6.45) is 8.55. The predicted molar refractivity (Wildman–Crippen MR) is 85.1 cm³/mol. The highest BCUT2D eigenvalue weighted by molar-refractivity contribution is 5.81. The molecule has 1 saturated carbocycles. The van der Waals surface area contributed by atoms with Gasteiger partial charge in [-0.05, 0) is 59.7 Å². The third kappa shape index (κ3) is 2.83. The molecule has 3 aromatic rings. The van der Waals surface area contributed by atoms with E-state index in [9.17, 15) is 0 Å². The van der Waals surface area contributed by atoms with Gasteiger partial charge in [0.25, 0.3) is 0 Å². The van der Waals surface area contributed by atoms with E-state index in [4.69, 9.17) is 0 Å². The largest absolute Gasteiger partial charge is 0.343 e. The van der Waals surface area contributed by atoms with Crippen molar-refractivity contribution in [3.05, 3.63) is 66.1 Å². The van der Waals surface area contributed by atoms with Crippen LogP contribution in [-0.2, 0) is 13.1 Å². The van der Waals surface area contributed by atoms with Gasteiger partial charge in [-0.25, -0.2) is 0 Å². The second-order valence-electron chi connectivity index (χ2n) is 5.85. The molecule has 0 amide bonds. The lowest BCUT2D eigenvalue weighted by atomic mass is 10.1. The third-order valence-electron chi connectivity index (χ3n) is 4.11. The van der Waals surface area contributed by atoms with Gasteiger partial charge in [-0.3, -0.25) is 4.98 Å². The molecule has 3 nitrogen and oxygen atoms in total. The van der Waals surface area contributed by atoms with Crippen molar-refractivity contribution in [3.8, 4) is 0 Å². The monoisotopic (exact) mass is 277 g/mol. The summed E-state index contributed by atoms with van der Waals surface area (Å²) < 4.78 is 2.29. The number of aromatic nitrogens is 2. The van der Waals surface area contributed by atoms with Crippen LogP contribution in [0.2, 0.25) is 0 Å². The zero-order valence-electron chi connectivity index (χ0n) is 12.0. The third-order valence-corrected chi connectivity index (χ3v) is 4.11. The number of hydrogen-bond donors (Lipinski definition) is 1. The Bertz CT molecular complexity index is 742. The quantitative estimate of drug-likeness (QED) is 0.775. The highest BCUT2D eigenvalue weighted by atomic mass is 15.0. The van der Waals surface area contributed by atoms with Crippen molar-refractivity contribution < 1.29 is 0 Å². The number of fused-ring (bicyclic) bond motifs is 1. The molecule has 1 fully saturated rings. The van der Waals surface area contributed by atoms with Crippen molar-refractivity contribution in [2.75, 3.05) is 0 Å². The smallest absolute Gasteiger partial charge is 0.0483 e. The van der Waals surface area contributed by atoms with Crippen LogP contribution in [0.25, 0.3) is 10.9 Å². The van der Waals surface area contributed by atoms with Gasteiger partial charge in [0.2, 0.25) is 0 Å². The van der Waals surface area contributed by atoms with Gasteiger partial charge in [0.15, 0.2) is 0 Å². The van der Waals surface area contributed by atoms with Gasteiger partial charge >= 0.3 is 0 Å². The Balaban J connectivity index is 1.56. The van der Waals surface area contributed by atoms with Crippen LogP contribution in [0.15, 0.2) is 55.0 Å². The van der Waals surface area contributed by atoms with Crippen molar-refractivity contribution in [3.63, 3.8) is 0 Å². The first-order valence-electron chi connectivity index (χ1n) is 7.58. The molecule has 3 heteroatoms. The van der Waals surface area contributed by atoms with Crippen molar-refractivity contribution >= 4 is 10.9 Å².